The third kappa shape index (κ3) is 2.76. The van der Waals surface area contributed by atoms with E-state index < -0.39 is 29.0 Å². The van der Waals surface area contributed by atoms with Crippen molar-refractivity contribution in [2.24, 2.45) is 0 Å². The Kier molecular flexibility index (Phi) is 3.97. The molecule has 0 bridgehead atoms. The van der Waals surface area contributed by atoms with Gasteiger partial charge in [0.15, 0.2) is 0 Å². The smallest absolute Gasteiger partial charge is 0.419 e. The third-order valence-electron chi connectivity index (χ3n) is 1.61. The zero-order valence-corrected chi connectivity index (χ0v) is 8.02. The number of hydrogen-bond acceptors (Lipinski definition) is 2. The maximum atomic E-state index is 12.3. The molecule has 3 N–H and O–H groups in total. The van der Waals surface area contributed by atoms with Crippen LogP contribution >= 0.6 is 12.4 Å². The van der Waals surface area contributed by atoms with Crippen LogP contribution in [0.25, 0.3) is 0 Å². The van der Waals surface area contributed by atoms with Crippen LogP contribution in [-0.2, 0) is 6.18 Å². The predicted molar refractivity (Wildman–Crippen MR) is 50.1 cm³/mol. The fourth-order valence-corrected chi connectivity index (χ4v) is 1.06. The molecule has 0 fully saturated rings. The van der Waals surface area contributed by atoms with Gasteiger partial charge in [0, 0.05) is 5.69 Å². The average Bonchev–Trinajstić information content (AvgIpc) is 2.01. The number of alkyl halides is 3. The molecule has 0 amide bonds. The Bertz CT molecular complexity index is 379. The molecular formula is C8H7ClF3NO2. The standard InChI is InChI=1S/C8H6F3NO2.ClH/c9-8(10,11)6-4(7(13)14)2-1-3-5(6)12;/h1-3H,12H2,(H,13,14);1H. The van der Waals surface area contributed by atoms with Gasteiger partial charge in [0.1, 0.15) is 0 Å². The van der Waals surface area contributed by atoms with E-state index in [0.29, 0.717) is 0 Å². The minimum absolute atomic E-state index is 0. The van der Waals surface area contributed by atoms with Crippen LogP contribution in [0.2, 0.25) is 0 Å². The molecule has 0 saturated heterocycles. The lowest BCUT2D eigenvalue weighted by molar-refractivity contribution is -0.137. The van der Waals surface area contributed by atoms with Crippen LogP contribution in [0.4, 0.5) is 18.9 Å². The minimum Gasteiger partial charge on any atom is -0.478 e. The van der Waals surface area contributed by atoms with Gasteiger partial charge in [-0.15, -0.1) is 12.4 Å². The van der Waals surface area contributed by atoms with Crippen molar-refractivity contribution in [3.05, 3.63) is 29.3 Å². The van der Waals surface area contributed by atoms with Gasteiger partial charge in [-0.3, -0.25) is 0 Å². The summed E-state index contributed by atoms with van der Waals surface area (Å²) in [5.41, 5.74) is 2.34. The van der Waals surface area contributed by atoms with E-state index in [4.69, 9.17) is 10.8 Å². The highest BCUT2D eigenvalue weighted by molar-refractivity contribution is 5.91. The Balaban J connectivity index is 0.00000196. The summed E-state index contributed by atoms with van der Waals surface area (Å²) >= 11 is 0. The van der Waals surface area contributed by atoms with Crippen molar-refractivity contribution in [3.63, 3.8) is 0 Å². The molecule has 3 nitrogen and oxygen atoms in total. The van der Waals surface area contributed by atoms with Crippen molar-refractivity contribution >= 4 is 24.1 Å². The van der Waals surface area contributed by atoms with E-state index >= 15 is 0 Å². The summed E-state index contributed by atoms with van der Waals surface area (Å²) in [7, 11) is 0. The molecule has 1 aromatic rings. The maximum Gasteiger partial charge on any atom is 0.419 e. The van der Waals surface area contributed by atoms with Crippen molar-refractivity contribution < 1.29 is 23.1 Å². The van der Waals surface area contributed by atoms with Gasteiger partial charge in [0.05, 0.1) is 11.1 Å². The number of rotatable bonds is 1. The number of benzene rings is 1. The number of halogens is 4. The second-order valence-corrected chi connectivity index (χ2v) is 2.57. The lowest BCUT2D eigenvalue weighted by Gasteiger charge is -2.12. The molecule has 1 rings (SSSR count). The second-order valence-electron chi connectivity index (χ2n) is 2.57. The molecule has 0 aliphatic heterocycles. The molecule has 0 aliphatic rings. The lowest BCUT2D eigenvalue weighted by atomic mass is 10.1. The molecule has 0 unspecified atom stereocenters. The number of carbonyl (C=O) groups is 1. The summed E-state index contributed by atoms with van der Waals surface area (Å²) in [5, 5.41) is 8.50. The van der Waals surface area contributed by atoms with Gasteiger partial charge in [0.2, 0.25) is 0 Å². The van der Waals surface area contributed by atoms with Gasteiger partial charge >= 0.3 is 12.1 Å². The maximum absolute atomic E-state index is 12.3. The van der Waals surface area contributed by atoms with Crippen molar-refractivity contribution in [2.45, 2.75) is 6.18 Å². The summed E-state index contributed by atoms with van der Waals surface area (Å²) < 4.78 is 37.0. The average molecular weight is 242 g/mol. The Morgan fingerprint density at radius 2 is 1.87 bits per heavy atom. The quantitative estimate of drug-likeness (QED) is 0.742. The van der Waals surface area contributed by atoms with Crippen LogP contribution in [0.1, 0.15) is 15.9 Å². The first-order valence-electron chi connectivity index (χ1n) is 3.53. The van der Waals surface area contributed by atoms with E-state index in [-0.39, 0.29) is 12.4 Å². The Labute approximate surface area is 89.1 Å². The van der Waals surface area contributed by atoms with E-state index in [1.807, 2.05) is 0 Å². The Morgan fingerprint density at radius 1 is 1.33 bits per heavy atom. The second kappa shape index (κ2) is 4.39. The van der Waals surface area contributed by atoms with Gasteiger partial charge in [-0.1, -0.05) is 6.07 Å². The largest absolute Gasteiger partial charge is 0.478 e. The molecule has 84 valence electrons. The molecule has 0 aromatic heterocycles. The van der Waals surface area contributed by atoms with E-state index in [2.05, 4.69) is 0 Å². The van der Waals surface area contributed by atoms with E-state index in [1.54, 1.807) is 0 Å². The van der Waals surface area contributed by atoms with Gasteiger partial charge in [-0.25, -0.2) is 4.79 Å². The summed E-state index contributed by atoms with van der Waals surface area (Å²) in [6, 6.07) is 3.03. The van der Waals surface area contributed by atoms with Crippen molar-refractivity contribution in [2.75, 3.05) is 5.73 Å². The number of carboxylic acids is 1. The van der Waals surface area contributed by atoms with Gasteiger partial charge < -0.3 is 10.8 Å². The molecular weight excluding hydrogens is 235 g/mol. The summed E-state index contributed by atoms with van der Waals surface area (Å²) in [5.74, 6) is -1.65. The van der Waals surface area contributed by atoms with Crippen LogP contribution in [0.3, 0.4) is 0 Å². The third-order valence-corrected chi connectivity index (χ3v) is 1.61. The molecule has 15 heavy (non-hydrogen) atoms. The van der Waals surface area contributed by atoms with E-state index in [0.717, 1.165) is 18.2 Å². The van der Waals surface area contributed by atoms with E-state index in [1.165, 1.54) is 0 Å². The van der Waals surface area contributed by atoms with Crippen LogP contribution in [0, 0.1) is 0 Å². The first-order valence-corrected chi connectivity index (χ1v) is 3.53. The number of carboxylic acid groups (broad SMARTS) is 1. The topological polar surface area (TPSA) is 63.3 Å². The van der Waals surface area contributed by atoms with Crippen LogP contribution < -0.4 is 5.73 Å². The monoisotopic (exact) mass is 241 g/mol. The van der Waals surface area contributed by atoms with Gasteiger partial charge in [-0.05, 0) is 12.1 Å². The fraction of sp³-hybridized carbons (Fsp3) is 0.125. The summed E-state index contributed by atoms with van der Waals surface area (Å²) in [6.45, 7) is 0. The number of nitrogen functional groups attached to an aromatic ring is 1. The van der Waals surface area contributed by atoms with E-state index in [9.17, 15) is 18.0 Å². The van der Waals surface area contributed by atoms with Crippen LogP contribution in [0.5, 0.6) is 0 Å². The van der Waals surface area contributed by atoms with Crippen molar-refractivity contribution in [1.82, 2.24) is 0 Å². The Morgan fingerprint density at radius 3 is 2.20 bits per heavy atom. The predicted octanol–water partition coefficient (Wildman–Crippen LogP) is 2.41. The molecule has 0 heterocycles. The highest BCUT2D eigenvalue weighted by atomic mass is 35.5. The highest BCUT2D eigenvalue weighted by Crippen LogP contribution is 2.35. The van der Waals surface area contributed by atoms with Crippen LogP contribution in [-0.4, -0.2) is 11.1 Å². The van der Waals surface area contributed by atoms with Crippen molar-refractivity contribution in [1.29, 1.82) is 0 Å². The molecule has 0 radical (unpaired) electrons. The zero-order chi connectivity index (χ0) is 10.9. The summed E-state index contributed by atoms with van der Waals surface area (Å²) in [6.07, 6.45) is -4.75. The first kappa shape index (κ1) is 13.6. The van der Waals surface area contributed by atoms with Gasteiger partial charge in [0.25, 0.3) is 0 Å². The zero-order valence-electron chi connectivity index (χ0n) is 7.21. The normalized spacial score (nSPS) is 10.6. The number of aromatic carboxylic acids is 1. The molecule has 0 saturated carbocycles. The molecule has 0 atom stereocenters. The van der Waals surface area contributed by atoms with Crippen LogP contribution in [0.15, 0.2) is 18.2 Å². The number of hydrogen-bond donors (Lipinski definition) is 2. The van der Waals surface area contributed by atoms with Crippen molar-refractivity contribution in [3.8, 4) is 0 Å². The minimum atomic E-state index is -4.75. The highest BCUT2D eigenvalue weighted by Gasteiger charge is 2.37. The van der Waals surface area contributed by atoms with Gasteiger partial charge in [-0.2, -0.15) is 13.2 Å². The SMILES string of the molecule is Cl.Nc1cccc(C(=O)O)c1C(F)(F)F. The fourth-order valence-electron chi connectivity index (χ4n) is 1.06. The summed E-state index contributed by atoms with van der Waals surface area (Å²) in [4.78, 5) is 10.5. The lowest BCUT2D eigenvalue weighted by Crippen LogP contribution is -2.15. The molecule has 1 aromatic carbocycles. The number of nitrogens with two attached hydrogens (primary N) is 1. The Hall–Kier alpha value is -1.43. The molecule has 0 aliphatic carbocycles. The first-order chi connectivity index (χ1) is 6.34. The molecule has 7 heteroatoms. The molecule has 0 spiro atoms. The number of anilines is 1.